The van der Waals surface area contributed by atoms with Crippen LogP contribution in [0, 0.1) is 3.57 Å². The average Bonchev–Trinajstić information content (AvgIpc) is 2.92. The predicted octanol–water partition coefficient (Wildman–Crippen LogP) is 4.77. The van der Waals surface area contributed by atoms with E-state index in [2.05, 4.69) is 10.6 Å². The minimum atomic E-state index is -0.849. The van der Waals surface area contributed by atoms with Crippen molar-refractivity contribution < 1.29 is 33.4 Å². The Balaban J connectivity index is 1.57. The number of halogens is 1. The van der Waals surface area contributed by atoms with Crippen LogP contribution in [0.5, 0.6) is 17.2 Å². The molecule has 1 aliphatic rings. The molecule has 0 spiro atoms. The van der Waals surface area contributed by atoms with Crippen LogP contribution in [0.25, 0.3) is 6.08 Å². The summed E-state index contributed by atoms with van der Waals surface area (Å²) >= 11 is 2.02. The Morgan fingerprint density at radius 1 is 0.950 bits per heavy atom. The lowest BCUT2D eigenvalue weighted by Crippen LogP contribution is -2.54. The minimum Gasteiger partial charge on any atom is -0.494 e. The van der Waals surface area contributed by atoms with Gasteiger partial charge in [0.05, 0.1) is 22.5 Å². The molecule has 0 bridgehead atoms. The Hall–Kier alpha value is -4.39. The van der Waals surface area contributed by atoms with Crippen LogP contribution in [0.15, 0.2) is 72.3 Å². The van der Waals surface area contributed by atoms with Crippen molar-refractivity contribution >= 4 is 63.8 Å². The molecule has 206 valence electrons. The first-order valence-electron chi connectivity index (χ1n) is 12.4. The van der Waals surface area contributed by atoms with Crippen LogP contribution in [0.2, 0.25) is 0 Å². The number of benzene rings is 3. The number of hydrogen-bond donors (Lipinski definition) is 2. The third-order valence-electron chi connectivity index (χ3n) is 5.56. The molecule has 40 heavy (non-hydrogen) atoms. The minimum absolute atomic E-state index is 0.234. The van der Waals surface area contributed by atoms with E-state index in [1.807, 2.05) is 47.7 Å². The van der Waals surface area contributed by atoms with Crippen LogP contribution < -0.4 is 29.7 Å². The van der Waals surface area contributed by atoms with Gasteiger partial charge >= 0.3 is 6.03 Å². The zero-order valence-corrected chi connectivity index (χ0v) is 23.9. The fourth-order valence-corrected chi connectivity index (χ4v) is 4.63. The second kappa shape index (κ2) is 13.1. The van der Waals surface area contributed by atoms with Crippen LogP contribution in [0.4, 0.5) is 16.2 Å². The maximum atomic E-state index is 13.3. The van der Waals surface area contributed by atoms with Crippen LogP contribution in [0.1, 0.15) is 19.4 Å². The van der Waals surface area contributed by atoms with Gasteiger partial charge in [0.25, 0.3) is 17.7 Å². The summed E-state index contributed by atoms with van der Waals surface area (Å²) < 4.78 is 17.5. The molecule has 2 N–H and O–H groups in total. The number of imide groups is 2. The third-order valence-corrected chi connectivity index (χ3v) is 6.36. The Morgan fingerprint density at radius 3 is 2.33 bits per heavy atom. The number of barbiturate groups is 1. The van der Waals surface area contributed by atoms with E-state index in [0.29, 0.717) is 45.3 Å². The summed E-state index contributed by atoms with van der Waals surface area (Å²) in [7, 11) is 0. The molecule has 0 aliphatic carbocycles. The van der Waals surface area contributed by atoms with Crippen molar-refractivity contribution in [3.63, 3.8) is 0 Å². The van der Waals surface area contributed by atoms with Gasteiger partial charge < -0.3 is 19.5 Å². The molecule has 1 saturated heterocycles. The van der Waals surface area contributed by atoms with Gasteiger partial charge in [-0.3, -0.25) is 19.7 Å². The van der Waals surface area contributed by atoms with Gasteiger partial charge in [-0.25, -0.2) is 9.69 Å². The molecular formula is C29H26IN3O7. The normalized spacial score (nSPS) is 14.1. The third kappa shape index (κ3) is 6.78. The molecule has 1 heterocycles. The molecule has 10 nitrogen and oxygen atoms in total. The standard InChI is InChI=1S/C29H26IN3O7/c1-3-38-21-12-10-20(11-13-21)33-28(36)22(27(35)32-29(33)37)14-18-15-23(30)26(24(16-18)39-4-2)40-17-25(34)31-19-8-6-5-7-9-19/h5-16H,3-4,17H2,1-2H3,(H,31,34)(H,32,35,37)/b22-14+. The van der Waals surface area contributed by atoms with E-state index >= 15 is 0 Å². The molecule has 1 aliphatic heterocycles. The SMILES string of the molecule is CCOc1ccc(N2C(=O)NC(=O)/C(=C\c3cc(I)c(OCC(=O)Nc4ccccc4)c(OCC)c3)C2=O)cc1. The smallest absolute Gasteiger partial charge is 0.335 e. The van der Waals surface area contributed by atoms with Gasteiger partial charge in [0.1, 0.15) is 11.3 Å². The van der Waals surface area contributed by atoms with Crippen LogP contribution in [-0.4, -0.2) is 43.6 Å². The Kier molecular flexibility index (Phi) is 9.38. The average molecular weight is 655 g/mol. The van der Waals surface area contributed by atoms with Gasteiger partial charge in [-0.1, -0.05) is 18.2 Å². The Labute approximate surface area is 244 Å². The molecule has 5 amide bonds. The lowest BCUT2D eigenvalue weighted by Gasteiger charge is -2.26. The highest BCUT2D eigenvalue weighted by Gasteiger charge is 2.37. The number of carbonyl (C=O) groups is 4. The van der Waals surface area contributed by atoms with Crippen molar-refractivity contribution in [2.45, 2.75) is 13.8 Å². The number of anilines is 2. The number of amides is 5. The molecule has 11 heteroatoms. The number of ether oxygens (including phenoxy) is 3. The number of nitrogens with one attached hydrogen (secondary N) is 2. The first-order valence-corrected chi connectivity index (χ1v) is 13.5. The van der Waals surface area contributed by atoms with Crippen LogP contribution >= 0.6 is 22.6 Å². The van der Waals surface area contributed by atoms with E-state index in [-0.39, 0.29) is 23.8 Å². The van der Waals surface area contributed by atoms with Crippen LogP contribution in [0.3, 0.4) is 0 Å². The van der Waals surface area contributed by atoms with E-state index in [4.69, 9.17) is 14.2 Å². The molecular weight excluding hydrogens is 629 g/mol. The topological polar surface area (TPSA) is 123 Å². The molecule has 3 aromatic rings. The first kappa shape index (κ1) is 28.6. The molecule has 0 aromatic heterocycles. The molecule has 0 atom stereocenters. The van der Waals surface area contributed by atoms with E-state index in [9.17, 15) is 19.2 Å². The fourth-order valence-electron chi connectivity index (χ4n) is 3.85. The van der Waals surface area contributed by atoms with Crippen molar-refractivity contribution in [2.75, 3.05) is 30.0 Å². The number of rotatable bonds is 10. The van der Waals surface area contributed by atoms with E-state index < -0.39 is 17.8 Å². The Bertz CT molecular complexity index is 1460. The molecule has 1 fully saturated rings. The summed E-state index contributed by atoms with van der Waals surface area (Å²) in [6, 6.07) is 17.8. The first-order chi connectivity index (χ1) is 19.3. The van der Waals surface area contributed by atoms with Gasteiger partial charge in [0.15, 0.2) is 18.1 Å². The van der Waals surface area contributed by atoms with E-state index in [1.54, 1.807) is 55.5 Å². The number of carbonyl (C=O) groups excluding carboxylic acids is 4. The highest BCUT2D eigenvalue weighted by atomic mass is 127. The zero-order chi connectivity index (χ0) is 28.6. The summed E-state index contributed by atoms with van der Waals surface area (Å²) in [5.41, 5.74) is 1.16. The van der Waals surface area contributed by atoms with Crippen molar-refractivity contribution in [3.05, 3.63) is 81.4 Å². The molecule has 3 aromatic carbocycles. The largest absolute Gasteiger partial charge is 0.494 e. The monoisotopic (exact) mass is 655 g/mol. The lowest BCUT2D eigenvalue weighted by molar-refractivity contribution is -0.122. The highest BCUT2D eigenvalue weighted by molar-refractivity contribution is 14.1. The maximum absolute atomic E-state index is 13.3. The summed E-state index contributed by atoms with van der Waals surface area (Å²) in [6.45, 7) is 4.16. The summed E-state index contributed by atoms with van der Waals surface area (Å²) in [4.78, 5) is 51.8. The second-order valence-electron chi connectivity index (χ2n) is 8.35. The number of urea groups is 1. The van der Waals surface area contributed by atoms with Crippen molar-refractivity contribution in [1.29, 1.82) is 0 Å². The van der Waals surface area contributed by atoms with Gasteiger partial charge in [0, 0.05) is 5.69 Å². The van der Waals surface area contributed by atoms with E-state index in [0.717, 1.165) is 4.90 Å². The predicted molar refractivity (Wildman–Crippen MR) is 158 cm³/mol. The second-order valence-corrected chi connectivity index (χ2v) is 9.51. The zero-order valence-electron chi connectivity index (χ0n) is 21.7. The summed E-state index contributed by atoms with van der Waals surface area (Å²) in [5.74, 6) is -0.679. The molecule has 4 rings (SSSR count). The van der Waals surface area contributed by atoms with Gasteiger partial charge in [-0.05, 0) is 96.6 Å². The Morgan fingerprint density at radius 2 is 1.65 bits per heavy atom. The number of para-hydroxylation sites is 1. The van der Waals surface area contributed by atoms with Crippen molar-refractivity contribution in [2.24, 2.45) is 0 Å². The van der Waals surface area contributed by atoms with Gasteiger partial charge in [-0.2, -0.15) is 0 Å². The van der Waals surface area contributed by atoms with Crippen molar-refractivity contribution in [1.82, 2.24) is 5.32 Å². The van der Waals surface area contributed by atoms with Gasteiger partial charge in [-0.15, -0.1) is 0 Å². The summed E-state index contributed by atoms with van der Waals surface area (Å²) in [5, 5.41) is 4.96. The highest BCUT2D eigenvalue weighted by Crippen LogP contribution is 2.35. The number of nitrogens with zero attached hydrogens (tertiary/aromatic N) is 1. The molecule has 0 unspecified atom stereocenters. The molecule has 0 radical (unpaired) electrons. The van der Waals surface area contributed by atoms with Crippen LogP contribution in [-0.2, 0) is 14.4 Å². The maximum Gasteiger partial charge on any atom is 0.335 e. The lowest BCUT2D eigenvalue weighted by atomic mass is 10.1. The molecule has 0 saturated carbocycles. The summed E-state index contributed by atoms with van der Waals surface area (Å²) in [6.07, 6.45) is 1.38. The fraction of sp³-hybridized carbons (Fsp3) is 0.172. The van der Waals surface area contributed by atoms with Gasteiger partial charge in [0.2, 0.25) is 0 Å². The number of hydrogen-bond acceptors (Lipinski definition) is 7. The van der Waals surface area contributed by atoms with Crippen molar-refractivity contribution in [3.8, 4) is 17.2 Å². The van der Waals surface area contributed by atoms with E-state index in [1.165, 1.54) is 6.08 Å². The quantitative estimate of drug-likeness (QED) is 0.183.